The summed E-state index contributed by atoms with van der Waals surface area (Å²) in [6, 6.07) is 3.70. The number of nitrogens with zero attached hydrogens (tertiary/aromatic N) is 1. The first-order valence-electron chi connectivity index (χ1n) is 7.14. The number of hydrogen-bond acceptors (Lipinski definition) is 4. The number of amides is 1. The molecule has 3 rings (SSSR count). The van der Waals surface area contributed by atoms with Gasteiger partial charge in [0.05, 0.1) is 24.1 Å². The zero-order chi connectivity index (χ0) is 17.3. The molecule has 1 saturated heterocycles. The fourth-order valence-corrected chi connectivity index (χ4v) is 2.53. The monoisotopic (exact) mass is 342 g/mol. The van der Waals surface area contributed by atoms with Crippen molar-refractivity contribution < 1.29 is 27.4 Å². The third kappa shape index (κ3) is 3.21. The molecule has 2 aromatic rings. The maximum absolute atomic E-state index is 12.5. The van der Waals surface area contributed by atoms with Crippen molar-refractivity contribution >= 4 is 16.8 Å². The van der Waals surface area contributed by atoms with Gasteiger partial charge in [-0.15, -0.1) is 13.2 Å². The summed E-state index contributed by atoms with van der Waals surface area (Å²) in [5.74, 6) is -1.01. The highest BCUT2D eigenvalue weighted by Gasteiger charge is 2.32. The summed E-state index contributed by atoms with van der Waals surface area (Å²) in [5.41, 5.74) is -0.889. The molecule has 0 atom stereocenters. The number of carbonyl (C=O) groups excluding carboxylic acids is 1. The van der Waals surface area contributed by atoms with Crippen LogP contribution in [0.2, 0.25) is 0 Å². The van der Waals surface area contributed by atoms with Crippen LogP contribution in [0, 0.1) is 0 Å². The SMILES string of the molecule is O=C(c1c[nH]c2c(OC(F)(F)F)cccc2c1=O)N1CCOCC1. The second-order valence-electron chi connectivity index (χ2n) is 5.16. The van der Waals surface area contributed by atoms with Gasteiger partial charge >= 0.3 is 6.36 Å². The van der Waals surface area contributed by atoms with Gasteiger partial charge in [0.25, 0.3) is 5.91 Å². The molecule has 1 amide bonds. The number of pyridine rings is 1. The van der Waals surface area contributed by atoms with Crippen molar-refractivity contribution in [2.75, 3.05) is 26.3 Å². The van der Waals surface area contributed by atoms with Crippen LogP contribution in [-0.2, 0) is 4.74 Å². The fourth-order valence-electron chi connectivity index (χ4n) is 2.53. The number of nitrogens with one attached hydrogen (secondary N) is 1. The number of para-hydroxylation sites is 1. The zero-order valence-electron chi connectivity index (χ0n) is 12.4. The third-order valence-electron chi connectivity index (χ3n) is 3.63. The van der Waals surface area contributed by atoms with Crippen LogP contribution >= 0.6 is 0 Å². The number of fused-ring (bicyclic) bond motifs is 1. The van der Waals surface area contributed by atoms with Gasteiger partial charge in [0.15, 0.2) is 5.75 Å². The number of benzene rings is 1. The normalized spacial score (nSPS) is 15.5. The molecule has 6 nitrogen and oxygen atoms in total. The van der Waals surface area contributed by atoms with Crippen LogP contribution in [0.15, 0.2) is 29.2 Å². The molecule has 0 aliphatic carbocycles. The number of aromatic nitrogens is 1. The number of alkyl halides is 3. The summed E-state index contributed by atoms with van der Waals surface area (Å²) < 4.78 is 46.3. The van der Waals surface area contributed by atoms with Crippen molar-refractivity contribution in [2.24, 2.45) is 0 Å². The number of aromatic amines is 1. The van der Waals surface area contributed by atoms with Crippen molar-refractivity contribution in [1.29, 1.82) is 0 Å². The molecule has 9 heteroatoms. The van der Waals surface area contributed by atoms with Crippen molar-refractivity contribution in [3.63, 3.8) is 0 Å². The van der Waals surface area contributed by atoms with Crippen molar-refractivity contribution in [2.45, 2.75) is 6.36 Å². The Morgan fingerprint density at radius 2 is 1.96 bits per heavy atom. The molecule has 1 aromatic heterocycles. The van der Waals surface area contributed by atoms with Gasteiger partial charge < -0.3 is 19.4 Å². The topological polar surface area (TPSA) is 71.6 Å². The lowest BCUT2D eigenvalue weighted by molar-refractivity contribution is -0.274. The molecule has 0 bridgehead atoms. The number of morpholine rings is 1. The van der Waals surface area contributed by atoms with Gasteiger partial charge in [-0.3, -0.25) is 9.59 Å². The fraction of sp³-hybridized carbons (Fsp3) is 0.333. The van der Waals surface area contributed by atoms with Crippen LogP contribution < -0.4 is 10.2 Å². The van der Waals surface area contributed by atoms with E-state index in [2.05, 4.69) is 9.72 Å². The van der Waals surface area contributed by atoms with E-state index in [4.69, 9.17) is 4.74 Å². The Labute approximate surface area is 133 Å². The zero-order valence-corrected chi connectivity index (χ0v) is 12.4. The lowest BCUT2D eigenvalue weighted by Gasteiger charge is -2.26. The Kier molecular flexibility index (Phi) is 4.18. The Morgan fingerprint density at radius 1 is 1.25 bits per heavy atom. The average molecular weight is 342 g/mol. The van der Waals surface area contributed by atoms with E-state index >= 15 is 0 Å². The van der Waals surface area contributed by atoms with Gasteiger partial charge in [-0.2, -0.15) is 0 Å². The number of ether oxygens (including phenoxy) is 2. The van der Waals surface area contributed by atoms with E-state index in [0.29, 0.717) is 26.3 Å². The Bertz CT molecular complexity index is 826. The Morgan fingerprint density at radius 3 is 2.62 bits per heavy atom. The maximum Gasteiger partial charge on any atom is 0.573 e. The average Bonchev–Trinajstić information content (AvgIpc) is 2.55. The molecule has 1 aromatic carbocycles. The molecule has 0 spiro atoms. The minimum absolute atomic E-state index is 0.0455. The van der Waals surface area contributed by atoms with Gasteiger partial charge in [-0.05, 0) is 12.1 Å². The van der Waals surface area contributed by atoms with Crippen LogP contribution in [0.1, 0.15) is 10.4 Å². The van der Waals surface area contributed by atoms with Gasteiger partial charge in [-0.25, -0.2) is 0 Å². The summed E-state index contributed by atoms with van der Waals surface area (Å²) in [6.45, 7) is 1.46. The molecule has 1 fully saturated rings. The van der Waals surface area contributed by atoms with Crippen LogP contribution in [0.3, 0.4) is 0 Å². The van der Waals surface area contributed by atoms with E-state index in [-0.39, 0.29) is 16.5 Å². The minimum Gasteiger partial charge on any atom is -0.404 e. The van der Waals surface area contributed by atoms with Gasteiger partial charge in [0.2, 0.25) is 5.43 Å². The van der Waals surface area contributed by atoms with Crippen molar-refractivity contribution in [1.82, 2.24) is 9.88 Å². The first-order chi connectivity index (χ1) is 11.4. The van der Waals surface area contributed by atoms with E-state index in [1.165, 1.54) is 17.0 Å². The Balaban J connectivity index is 2.02. The number of halogens is 3. The summed E-state index contributed by atoms with van der Waals surface area (Å²) in [5, 5.41) is -0.0455. The molecule has 1 aliphatic rings. The quantitative estimate of drug-likeness (QED) is 0.905. The molecule has 0 unspecified atom stereocenters. The number of hydrogen-bond donors (Lipinski definition) is 1. The van der Waals surface area contributed by atoms with Gasteiger partial charge in [0.1, 0.15) is 5.56 Å². The second kappa shape index (κ2) is 6.16. The van der Waals surface area contributed by atoms with E-state index < -0.39 is 23.4 Å². The highest BCUT2D eigenvalue weighted by atomic mass is 19.4. The molecule has 0 saturated carbocycles. The van der Waals surface area contributed by atoms with Crippen LogP contribution in [0.25, 0.3) is 10.9 Å². The molecule has 24 heavy (non-hydrogen) atoms. The maximum atomic E-state index is 12.5. The summed E-state index contributed by atoms with van der Waals surface area (Å²) >= 11 is 0. The van der Waals surface area contributed by atoms with E-state index in [9.17, 15) is 22.8 Å². The van der Waals surface area contributed by atoms with Gasteiger partial charge in [-0.1, -0.05) is 6.07 Å². The number of H-pyrrole nitrogens is 1. The van der Waals surface area contributed by atoms with Crippen molar-refractivity contribution in [3.05, 3.63) is 40.2 Å². The first kappa shape index (κ1) is 16.3. The van der Waals surface area contributed by atoms with E-state index in [1.807, 2.05) is 0 Å². The molecule has 128 valence electrons. The third-order valence-corrected chi connectivity index (χ3v) is 3.63. The highest BCUT2D eigenvalue weighted by molar-refractivity contribution is 5.98. The van der Waals surface area contributed by atoms with E-state index in [0.717, 1.165) is 12.3 Å². The number of rotatable bonds is 2. The summed E-state index contributed by atoms with van der Waals surface area (Å²) in [7, 11) is 0. The van der Waals surface area contributed by atoms with Crippen LogP contribution in [0.4, 0.5) is 13.2 Å². The lowest BCUT2D eigenvalue weighted by Crippen LogP contribution is -2.42. The molecule has 1 N–H and O–H groups in total. The van der Waals surface area contributed by atoms with Crippen LogP contribution in [-0.4, -0.2) is 48.5 Å². The number of carbonyl (C=O) groups is 1. The predicted molar refractivity (Wildman–Crippen MR) is 78.0 cm³/mol. The summed E-state index contributed by atoms with van der Waals surface area (Å²) in [4.78, 5) is 28.9. The smallest absolute Gasteiger partial charge is 0.404 e. The largest absolute Gasteiger partial charge is 0.573 e. The first-order valence-corrected chi connectivity index (χ1v) is 7.14. The second-order valence-corrected chi connectivity index (χ2v) is 5.16. The highest BCUT2D eigenvalue weighted by Crippen LogP contribution is 2.28. The molecular formula is C15H13F3N2O4. The Hall–Kier alpha value is -2.55. The molecule has 2 heterocycles. The van der Waals surface area contributed by atoms with E-state index in [1.54, 1.807) is 0 Å². The predicted octanol–water partition coefficient (Wildman–Crippen LogP) is 1.90. The van der Waals surface area contributed by atoms with Crippen LogP contribution in [0.5, 0.6) is 5.75 Å². The van der Waals surface area contributed by atoms with Crippen molar-refractivity contribution in [3.8, 4) is 5.75 Å². The minimum atomic E-state index is -4.88. The molecule has 1 aliphatic heterocycles. The molecular weight excluding hydrogens is 329 g/mol. The standard InChI is InChI=1S/C15H13F3N2O4/c16-15(17,18)24-11-3-1-2-9-12(11)19-8-10(13(9)21)14(22)20-4-6-23-7-5-20/h1-3,8H,4-7H2,(H,19,21). The molecule has 0 radical (unpaired) electrons. The summed E-state index contributed by atoms with van der Waals surface area (Å²) in [6.07, 6.45) is -3.76. The van der Waals surface area contributed by atoms with Gasteiger partial charge in [0, 0.05) is 19.3 Å². The lowest BCUT2D eigenvalue weighted by atomic mass is 10.1.